The number of hydrogen-bond acceptors (Lipinski definition) is 3. The minimum Gasteiger partial charge on any atom is -0.481 e. The minimum absolute atomic E-state index is 0.0390. The molecule has 2 N–H and O–H groups in total. The summed E-state index contributed by atoms with van der Waals surface area (Å²) in [6, 6.07) is 12.0. The number of carbonyl (C=O) groups excluding carboxylic acids is 1. The molecule has 24 heavy (non-hydrogen) atoms. The Morgan fingerprint density at radius 2 is 1.67 bits per heavy atom. The van der Waals surface area contributed by atoms with E-state index in [4.69, 9.17) is 28.3 Å². The maximum atomic E-state index is 11.9. The van der Waals surface area contributed by atoms with Crippen LogP contribution in [0.15, 0.2) is 42.5 Å². The molecule has 2 rings (SSSR count). The van der Waals surface area contributed by atoms with Gasteiger partial charge in [-0.1, -0.05) is 41.4 Å². The average molecular weight is 384 g/mol. The van der Waals surface area contributed by atoms with Gasteiger partial charge in [-0.3, -0.25) is 9.59 Å². The lowest BCUT2D eigenvalue weighted by Crippen LogP contribution is -2.14. The van der Waals surface area contributed by atoms with E-state index in [1.807, 2.05) is 0 Å². The number of thioether (sulfide) groups is 1. The number of anilines is 1. The van der Waals surface area contributed by atoms with Crippen molar-refractivity contribution in [3.05, 3.63) is 63.6 Å². The summed E-state index contributed by atoms with van der Waals surface area (Å²) in [5.74, 6) is -0.224. The van der Waals surface area contributed by atoms with Crippen LogP contribution >= 0.6 is 35.0 Å². The zero-order valence-electron chi connectivity index (χ0n) is 12.6. The second-order valence-electron chi connectivity index (χ2n) is 5.01. The Balaban J connectivity index is 1.82. The molecule has 0 spiro atoms. The van der Waals surface area contributed by atoms with E-state index < -0.39 is 5.97 Å². The van der Waals surface area contributed by atoms with Gasteiger partial charge in [0, 0.05) is 21.5 Å². The maximum Gasteiger partial charge on any atom is 0.307 e. The molecule has 7 heteroatoms. The Labute approximate surface area is 154 Å². The molecule has 0 radical (unpaired) electrons. The van der Waals surface area contributed by atoms with Crippen molar-refractivity contribution in [1.82, 2.24) is 0 Å². The molecular weight excluding hydrogens is 369 g/mol. The van der Waals surface area contributed by atoms with Crippen molar-refractivity contribution in [3.8, 4) is 0 Å². The number of rotatable bonds is 7. The fourth-order valence-electron chi connectivity index (χ4n) is 1.99. The van der Waals surface area contributed by atoms with Crippen molar-refractivity contribution in [3.63, 3.8) is 0 Å². The lowest BCUT2D eigenvalue weighted by Gasteiger charge is -2.08. The second kappa shape index (κ2) is 8.97. The number of halogens is 2. The van der Waals surface area contributed by atoms with Gasteiger partial charge in [-0.25, -0.2) is 0 Å². The summed E-state index contributed by atoms with van der Waals surface area (Å²) in [6.07, 6.45) is -0.0390. The molecule has 0 aliphatic carbocycles. The smallest absolute Gasteiger partial charge is 0.307 e. The van der Waals surface area contributed by atoms with Crippen LogP contribution in [0.1, 0.15) is 11.1 Å². The Kier molecular flexibility index (Phi) is 6.97. The monoisotopic (exact) mass is 383 g/mol. The summed E-state index contributed by atoms with van der Waals surface area (Å²) >= 11 is 13.6. The van der Waals surface area contributed by atoms with Crippen molar-refractivity contribution >= 4 is 52.5 Å². The fourth-order valence-corrected chi connectivity index (χ4v) is 3.56. The van der Waals surface area contributed by atoms with Crippen LogP contribution in [0, 0.1) is 0 Å². The molecule has 0 saturated heterocycles. The van der Waals surface area contributed by atoms with Gasteiger partial charge in [-0.15, -0.1) is 11.8 Å². The van der Waals surface area contributed by atoms with Gasteiger partial charge in [0.25, 0.3) is 0 Å². The highest BCUT2D eigenvalue weighted by molar-refractivity contribution is 7.99. The van der Waals surface area contributed by atoms with Crippen LogP contribution in [-0.4, -0.2) is 22.7 Å². The third-order valence-corrected chi connectivity index (χ3v) is 4.80. The van der Waals surface area contributed by atoms with Crippen molar-refractivity contribution in [2.45, 2.75) is 12.2 Å². The largest absolute Gasteiger partial charge is 0.481 e. The lowest BCUT2D eigenvalue weighted by molar-refractivity contribution is -0.136. The van der Waals surface area contributed by atoms with E-state index in [0.717, 1.165) is 5.56 Å². The van der Waals surface area contributed by atoms with Crippen LogP contribution < -0.4 is 5.32 Å². The van der Waals surface area contributed by atoms with E-state index in [9.17, 15) is 9.59 Å². The van der Waals surface area contributed by atoms with Crippen LogP contribution in [-0.2, 0) is 21.8 Å². The van der Waals surface area contributed by atoms with E-state index in [-0.39, 0.29) is 18.1 Å². The van der Waals surface area contributed by atoms with Gasteiger partial charge in [0.2, 0.25) is 5.91 Å². The number of nitrogens with one attached hydrogen (secondary N) is 1. The second-order valence-corrected chi connectivity index (χ2v) is 6.81. The van der Waals surface area contributed by atoms with E-state index in [1.54, 1.807) is 42.5 Å². The Morgan fingerprint density at radius 3 is 2.25 bits per heavy atom. The average Bonchev–Trinajstić information content (AvgIpc) is 2.52. The van der Waals surface area contributed by atoms with Crippen molar-refractivity contribution < 1.29 is 14.7 Å². The van der Waals surface area contributed by atoms with Crippen LogP contribution in [0.4, 0.5) is 5.69 Å². The molecule has 0 aromatic heterocycles. The zero-order chi connectivity index (χ0) is 17.5. The van der Waals surface area contributed by atoms with Crippen LogP contribution in [0.2, 0.25) is 10.0 Å². The molecule has 0 saturated carbocycles. The molecule has 0 aliphatic heterocycles. The number of carboxylic acids is 1. The van der Waals surface area contributed by atoms with Gasteiger partial charge in [-0.05, 0) is 35.4 Å². The summed E-state index contributed by atoms with van der Waals surface area (Å²) in [5.41, 5.74) is 2.13. The normalized spacial score (nSPS) is 10.4. The third kappa shape index (κ3) is 5.74. The van der Waals surface area contributed by atoms with E-state index in [1.165, 1.54) is 11.8 Å². The Morgan fingerprint density at radius 1 is 1.04 bits per heavy atom. The molecule has 0 atom stereocenters. The topological polar surface area (TPSA) is 66.4 Å². The van der Waals surface area contributed by atoms with Crippen molar-refractivity contribution in [2.75, 3.05) is 11.1 Å². The lowest BCUT2D eigenvalue weighted by atomic mass is 10.1. The van der Waals surface area contributed by atoms with Gasteiger partial charge in [0.05, 0.1) is 12.2 Å². The van der Waals surface area contributed by atoms with Crippen molar-refractivity contribution in [1.29, 1.82) is 0 Å². The highest BCUT2D eigenvalue weighted by Crippen LogP contribution is 2.28. The van der Waals surface area contributed by atoms with Crippen LogP contribution in [0.3, 0.4) is 0 Å². The molecule has 1 amide bonds. The SMILES string of the molecule is O=C(O)Cc1ccc(NC(=O)CSCc2c(Cl)cccc2Cl)cc1. The molecule has 126 valence electrons. The molecule has 0 heterocycles. The summed E-state index contributed by atoms with van der Waals surface area (Å²) in [6.45, 7) is 0. The van der Waals surface area contributed by atoms with Gasteiger partial charge in [-0.2, -0.15) is 0 Å². The molecule has 2 aromatic rings. The van der Waals surface area contributed by atoms with Crippen LogP contribution in [0.25, 0.3) is 0 Å². The summed E-state index contributed by atoms with van der Waals surface area (Å²) < 4.78 is 0. The summed E-state index contributed by atoms with van der Waals surface area (Å²) in [4.78, 5) is 22.6. The third-order valence-electron chi connectivity index (χ3n) is 3.13. The predicted octanol–water partition coefficient (Wildman–Crippen LogP) is 4.49. The summed E-state index contributed by atoms with van der Waals surface area (Å²) in [5, 5.41) is 12.7. The van der Waals surface area contributed by atoms with Gasteiger partial charge >= 0.3 is 5.97 Å². The maximum absolute atomic E-state index is 11.9. The highest BCUT2D eigenvalue weighted by Gasteiger charge is 2.08. The standard InChI is InChI=1S/C17H15Cl2NO3S/c18-14-2-1-3-15(19)13(14)9-24-10-16(21)20-12-6-4-11(5-7-12)8-17(22)23/h1-7H,8-10H2,(H,20,21)(H,22,23). The molecular formula is C17H15Cl2NO3S. The van der Waals surface area contributed by atoms with E-state index >= 15 is 0 Å². The number of benzene rings is 2. The van der Waals surface area contributed by atoms with Gasteiger partial charge in [0.1, 0.15) is 0 Å². The number of carbonyl (C=O) groups is 2. The first-order valence-electron chi connectivity index (χ1n) is 7.07. The molecule has 0 fully saturated rings. The van der Waals surface area contributed by atoms with Crippen molar-refractivity contribution in [2.24, 2.45) is 0 Å². The molecule has 4 nitrogen and oxygen atoms in total. The van der Waals surface area contributed by atoms with E-state index in [0.29, 0.717) is 27.0 Å². The quantitative estimate of drug-likeness (QED) is 0.738. The fraction of sp³-hybridized carbons (Fsp3) is 0.176. The zero-order valence-corrected chi connectivity index (χ0v) is 14.9. The molecule has 0 unspecified atom stereocenters. The number of aliphatic carboxylic acids is 1. The van der Waals surface area contributed by atoms with Gasteiger partial charge in [0.15, 0.2) is 0 Å². The number of hydrogen-bond donors (Lipinski definition) is 2. The summed E-state index contributed by atoms with van der Waals surface area (Å²) in [7, 11) is 0. The van der Waals surface area contributed by atoms with Crippen LogP contribution in [0.5, 0.6) is 0 Å². The molecule has 0 bridgehead atoms. The Hall–Kier alpha value is -1.69. The number of amides is 1. The first-order valence-corrected chi connectivity index (χ1v) is 8.98. The van der Waals surface area contributed by atoms with E-state index in [2.05, 4.69) is 5.32 Å². The molecule has 0 aliphatic rings. The highest BCUT2D eigenvalue weighted by atomic mass is 35.5. The Bertz CT molecular complexity index is 715. The number of carboxylic acid groups (broad SMARTS) is 1. The minimum atomic E-state index is -0.888. The predicted molar refractivity (Wildman–Crippen MR) is 99.0 cm³/mol. The van der Waals surface area contributed by atoms with Gasteiger partial charge < -0.3 is 10.4 Å². The first-order chi connectivity index (χ1) is 11.5. The molecule has 2 aromatic carbocycles. The first kappa shape index (κ1) is 18.6.